The van der Waals surface area contributed by atoms with Crippen molar-refractivity contribution in [3.63, 3.8) is 0 Å². The number of carboxylic acids is 1. The zero-order valence-electron chi connectivity index (χ0n) is 7.74. The van der Waals surface area contributed by atoms with E-state index in [4.69, 9.17) is 9.94 Å². The van der Waals surface area contributed by atoms with Crippen LogP contribution >= 0.6 is 31.9 Å². The van der Waals surface area contributed by atoms with E-state index in [2.05, 4.69) is 37.0 Å². The van der Waals surface area contributed by atoms with Crippen molar-refractivity contribution >= 4 is 49.3 Å². The molecule has 0 aromatic carbocycles. The van der Waals surface area contributed by atoms with Gasteiger partial charge in [-0.15, -0.1) is 0 Å². The summed E-state index contributed by atoms with van der Waals surface area (Å²) in [5.41, 5.74) is -1.04. The molecular weight excluding hydrogens is 346 g/mol. The zero-order chi connectivity index (χ0) is 11.9. The molecule has 1 spiro atoms. The van der Waals surface area contributed by atoms with Crippen LogP contribution in [0.2, 0.25) is 0 Å². The Balaban J connectivity index is 2.32. The van der Waals surface area contributed by atoms with Gasteiger partial charge >= 0.3 is 5.97 Å². The lowest BCUT2D eigenvalue weighted by Gasteiger charge is -2.22. The number of hydrogen-bond donors (Lipinski definition) is 1. The normalized spacial score (nSPS) is 22.4. The summed E-state index contributed by atoms with van der Waals surface area (Å²) in [6.07, 6.45) is 3.12. The molecule has 2 aliphatic rings. The molecule has 2 rings (SSSR count). The Morgan fingerprint density at radius 1 is 1.44 bits per heavy atom. The molecule has 1 heterocycles. The first-order chi connectivity index (χ1) is 7.43. The standard InChI is InChI=1S/C9H5Br2NO4/c10-4-1-9(2-5(11)7(4)13)3-6(8(14)15)12-16-9/h1-2H,3H2,(H,14,15). The number of carboxylic acid groups (broad SMARTS) is 1. The largest absolute Gasteiger partial charge is 0.477 e. The third-order valence-electron chi connectivity index (χ3n) is 2.19. The second kappa shape index (κ2) is 3.81. The highest BCUT2D eigenvalue weighted by Crippen LogP contribution is 2.37. The Kier molecular flexibility index (Phi) is 2.75. The summed E-state index contributed by atoms with van der Waals surface area (Å²) in [5.74, 6) is -1.33. The maximum atomic E-state index is 11.4. The summed E-state index contributed by atoms with van der Waals surface area (Å²) in [4.78, 5) is 27.2. The van der Waals surface area contributed by atoms with Crippen molar-refractivity contribution in [2.45, 2.75) is 12.0 Å². The van der Waals surface area contributed by atoms with Gasteiger partial charge in [-0.05, 0) is 44.0 Å². The van der Waals surface area contributed by atoms with Gasteiger partial charge in [0.05, 0.1) is 15.4 Å². The van der Waals surface area contributed by atoms with Crippen LogP contribution < -0.4 is 0 Å². The highest BCUT2D eigenvalue weighted by molar-refractivity contribution is 9.13. The molecule has 0 unspecified atom stereocenters. The minimum atomic E-state index is -1.12. The highest BCUT2D eigenvalue weighted by atomic mass is 79.9. The van der Waals surface area contributed by atoms with E-state index in [1.54, 1.807) is 0 Å². The fraction of sp³-hybridized carbons (Fsp3) is 0.222. The number of allylic oxidation sites excluding steroid dienone is 2. The lowest BCUT2D eigenvalue weighted by atomic mass is 9.92. The van der Waals surface area contributed by atoms with Gasteiger partial charge in [-0.25, -0.2) is 4.79 Å². The fourth-order valence-corrected chi connectivity index (χ4v) is 2.92. The molecule has 1 aliphatic heterocycles. The molecule has 84 valence electrons. The lowest BCUT2D eigenvalue weighted by molar-refractivity contribution is -0.129. The molecule has 0 amide bonds. The Morgan fingerprint density at radius 3 is 2.44 bits per heavy atom. The number of Topliss-reactive ketones (excluding diaryl/α,β-unsaturated/α-hetero) is 1. The molecule has 0 atom stereocenters. The second-order valence-electron chi connectivity index (χ2n) is 3.38. The van der Waals surface area contributed by atoms with Gasteiger partial charge in [-0.3, -0.25) is 4.79 Å². The molecule has 0 aromatic heterocycles. The smallest absolute Gasteiger partial charge is 0.353 e. The average Bonchev–Trinajstić information content (AvgIpc) is 2.59. The minimum Gasteiger partial charge on any atom is -0.477 e. The lowest BCUT2D eigenvalue weighted by Crippen LogP contribution is -2.29. The number of nitrogens with zero attached hydrogens (tertiary/aromatic N) is 1. The van der Waals surface area contributed by atoms with Crippen LogP contribution in [0.4, 0.5) is 0 Å². The van der Waals surface area contributed by atoms with E-state index in [0.717, 1.165) is 0 Å². The molecule has 16 heavy (non-hydrogen) atoms. The SMILES string of the molecule is O=C(O)C1=NOC2(C=C(Br)C(=O)C(Br)=C2)C1. The zero-order valence-corrected chi connectivity index (χ0v) is 10.9. The molecule has 0 fully saturated rings. The summed E-state index contributed by atoms with van der Waals surface area (Å²) in [6.45, 7) is 0. The Labute approximate surface area is 107 Å². The molecule has 0 aromatic rings. The summed E-state index contributed by atoms with van der Waals surface area (Å²) in [5, 5.41) is 12.2. The van der Waals surface area contributed by atoms with E-state index in [-0.39, 0.29) is 17.9 Å². The first-order valence-corrected chi connectivity index (χ1v) is 5.82. The molecule has 7 heteroatoms. The third kappa shape index (κ3) is 1.84. The van der Waals surface area contributed by atoms with E-state index in [9.17, 15) is 9.59 Å². The Bertz CT molecular complexity index is 456. The summed E-state index contributed by atoms with van der Waals surface area (Å²) >= 11 is 6.20. The predicted octanol–water partition coefficient (Wildman–Crippen LogP) is 1.73. The number of halogens is 2. The van der Waals surface area contributed by atoms with Gasteiger partial charge in [0.2, 0.25) is 5.78 Å². The van der Waals surface area contributed by atoms with Gasteiger partial charge in [0, 0.05) is 0 Å². The van der Waals surface area contributed by atoms with Crippen molar-refractivity contribution in [1.29, 1.82) is 0 Å². The second-order valence-corrected chi connectivity index (χ2v) is 5.09. The number of ketones is 1. The van der Waals surface area contributed by atoms with E-state index >= 15 is 0 Å². The van der Waals surface area contributed by atoms with Crippen LogP contribution in [0, 0.1) is 0 Å². The topological polar surface area (TPSA) is 76.0 Å². The number of carbonyl (C=O) groups excluding carboxylic acids is 1. The van der Waals surface area contributed by atoms with Gasteiger partial charge < -0.3 is 9.94 Å². The summed E-state index contributed by atoms with van der Waals surface area (Å²) in [6, 6.07) is 0. The number of carbonyl (C=O) groups is 2. The molecular formula is C9H5Br2NO4. The van der Waals surface area contributed by atoms with Crippen molar-refractivity contribution in [1.82, 2.24) is 0 Å². The van der Waals surface area contributed by atoms with E-state index in [0.29, 0.717) is 8.96 Å². The quantitative estimate of drug-likeness (QED) is 0.781. The highest BCUT2D eigenvalue weighted by Gasteiger charge is 2.41. The molecule has 5 nitrogen and oxygen atoms in total. The molecule has 0 saturated heterocycles. The van der Waals surface area contributed by atoms with Crippen molar-refractivity contribution in [2.75, 3.05) is 0 Å². The van der Waals surface area contributed by atoms with E-state index in [1.807, 2.05) is 0 Å². The Hall–Kier alpha value is -0.950. The van der Waals surface area contributed by atoms with Crippen molar-refractivity contribution in [3.05, 3.63) is 21.1 Å². The monoisotopic (exact) mass is 349 g/mol. The first kappa shape index (κ1) is 11.5. The van der Waals surface area contributed by atoms with Crippen LogP contribution in [0.1, 0.15) is 6.42 Å². The van der Waals surface area contributed by atoms with Crippen molar-refractivity contribution in [2.24, 2.45) is 5.16 Å². The molecule has 0 bridgehead atoms. The number of rotatable bonds is 1. The molecule has 0 radical (unpaired) electrons. The molecule has 1 aliphatic carbocycles. The first-order valence-electron chi connectivity index (χ1n) is 4.23. The van der Waals surface area contributed by atoms with Gasteiger partial charge in [-0.2, -0.15) is 0 Å². The van der Waals surface area contributed by atoms with Crippen molar-refractivity contribution in [3.8, 4) is 0 Å². The number of hydrogen-bond acceptors (Lipinski definition) is 4. The van der Waals surface area contributed by atoms with Gasteiger partial charge in [-0.1, -0.05) is 5.16 Å². The van der Waals surface area contributed by atoms with Crippen molar-refractivity contribution < 1.29 is 19.5 Å². The van der Waals surface area contributed by atoms with Gasteiger partial charge in [0.1, 0.15) is 0 Å². The third-order valence-corrected chi connectivity index (χ3v) is 3.37. The van der Waals surface area contributed by atoms with Gasteiger partial charge in [0.15, 0.2) is 11.3 Å². The fourth-order valence-electron chi connectivity index (χ4n) is 1.45. The Morgan fingerprint density at radius 2 is 2.00 bits per heavy atom. The van der Waals surface area contributed by atoms with E-state index in [1.165, 1.54) is 12.2 Å². The molecule has 1 N–H and O–H groups in total. The number of aliphatic carboxylic acids is 1. The van der Waals surface area contributed by atoms with Crippen LogP contribution in [-0.4, -0.2) is 28.2 Å². The number of oxime groups is 1. The molecule has 0 saturated carbocycles. The maximum absolute atomic E-state index is 11.4. The summed E-state index contributed by atoms with van der Waals surface area (Å²) in [7, 11) is 0. The van der Waals surface area contributed by atoms with Crippen LogP contribution in [0.5, 0.6) is 0 Å². The van der Waals surface area contributed by atoms with Crippen LogP contribution in [0.3, 0.4) is 0 Å². The summed E-state index contributed by atoms with van der Waals surface area (Å²) < 4.78 is 0.646. The van der Waals surface area contributed by atoms with Crippen LogP contribution in [0.15, 0.2) is 26.3 Å². The average molecular weight is 351 g/mol. The van der Waals surface area contributed by atoms with Crippen LogP contribution in [-0.2, 0) is 14.4 Å². The predicted molar refractivity (Wildman–Crippen MR) is 62.5 cm³/mol. The minimum absolute atomic E-state index is 0.0672. The maximum Gasteiger partial charge on any atom is 0.353 e. The van der Waals surface area contributed by atoms with Crippen LogP contribution in [0.25, 0.3) is 0 Å². The van der Waals surface area contributed by atoms with Gasteiger partial charge in [0.25, 0.3) is 0 Å². The van der Waals surface area contributed by atoms with E-state index < -0.39 is 11.6 Å².